The van der Waals surface area contributed by atoms with Gasteiger partial charge in [-0.1, -0.05) is 42.5 Å². The molecule has 0 aliphatic heterocycles. The van der Waals surface area contributed by atoms with Crippen LogP contribution >= 0.6 is 0 Å². The van der Waals surface area contributed by atoms with E-state index in [2.05, 4.69) is 0 Å². The van der Waals surface area contributed by atoms with E-state index in [1.54, 1.807) is 42.5 Å². The minimum atomic E-state index is -0.545. The maximum atomic E-state index is 12.1. The molecular formula is C16H15NO4. The summed E-state index contributed by atoms with van der Waals surface area (Å²) in [5, 5.41) is 10.8. The molecule has 0 atom stereocenters. The molecule has 5 nitrogen and oxygen atoms in total. The van der Waals surface area contributed by atoms with Crippen molar-refractivity contribution < 1.29 is 14.5 Å². The first-order valence-electron chi connectivity index (χ1n) is 6.24. The Morgan fingerprint density at radius 3 is 1.90 bits per heavy atom. The van der Waals surface area contributed by atoms with Gasteiger partial charge in [-0.15, -0.1) is 0 Å². The van der Waals surface area contributed by atoms with E-state index in [0.717, 1.165) is 0 Å². The molecule has 0 N–H and O–H groups in total. The minimum Gasteiger partial charge on any atom is -0.300 e. The van der Waals surface area contributed by atoms with Gasteiger partial charge in [0.1, 0.15) is 11.3 Å². The van der Waals surface area contributed by atoms with E-state index in [1.807, 2.05) is 0 Å². The van der Waals surface area contributed by atoms with Crippen LogP contribution in [-0.2, 0) is 4.79 Å². The number of nitro groups is 1. The van der Waals surface area contributed by atoms with Gasteiger partial charge in [-0.3, -0.25) is 14.9 Å². The number of nitrogens with zero attached hydrogens (tertiary/aromatic N) is 1. The molecule has 0 saturated carbocycles. The fourth-order valence-electron chi connectivity index (χ4n) is 1.57. The van der Waals surface area contributed by atoms with Crippen molar-refractivity contribution in [3.63, 3.8) is 0 Å². The van der Waals surface area contributed by atoms with Crippen LogP contribution in [0, 0.1) is 10.1 Å². The van der Waals surface area contributed by atoms with Gasteiger partial charge < -0.3 is 4.79 Å². The SMILES string of the molecule is CC(C)=O.O=C(c1ccccc1)c1ccccc1[N+](=O)[O-]. The summed E-state index contributed by atoms with van der Waals surface area (Å²) in [5.41, 5.74) is 0.395. The Hall–Kier alpha value is -2.82. The van der Waals surface area contributed by atoms with Crippen LogP contribution in [0.25, 0.3) is 0 Å². The molecule has 0 unspecified atom stereocenters. The van der Waals surface area contributed by atoms with Crippen molar-refractivity contribution in [2.24, 2.45) is 0 Å². The number of para-hydroxylation sites is 1. The van der Waals surface area contributed by atoms with E-state index in [1.165, 1.54) is 26.0 Å². The fraction of sp³-hybridized carbons (Fsp3) is 0.125. The van der Waals surface area contributed by atoms with Gasteiger partial charge in [-0.25, -0.2) is 0 Å². The topological polar surface area (TPSA) is 77.3 Å². The highest BCUT2D eigenvalue weighted by atomic mass is 16.6. The summed E-state index contributed by atoms with van der Waals surface area (Å²) in [7, 11) is 0. The van der Waals surface area contributed by atoms with Crippen molar-refractivity contribution in [1.82, 2.24) is 0 Å². The van der Waals surface area contributed by atoms with Gasteiger partial charge >= 0.3 is 0 Å². The predicted octanol–water partition coefficient (Wildman–Crippen LogP) is 3.42. The van der Waals surface area contributed by atoms with Crippen LogP contribution in [0.1, 0.15) is 29.8 Å². The molecule has 0 amide bonds. The number of hydrogen-bond donors (Lipinski definition) is 0. The van der Waals surface area contributed by atoms with Gasteiger partial charge in [0.2, 0.25) is 0 Å². The largest absolute Gasteiger partial charge is 0.300 e. The molecular weight excluding hydrogens is 270 g/mol. The van der Waals surface area contributed by atoms with E-state index in [9.17, 15) is 19.7 Å². The zero-order valence-corrected chi connectivity index (χ0v) is 11.8. The van der Waals surface area contributed by atoms with Crippen molar-refractivity contribution in [1.29, 1.82) is 0 Å². The molecule has 21 heavy (non-hydrogen) atoms. The first-order chi connectivity index (χ1) is 9.93. The van der Waals surface area contributed by atoms with Crippen molar-refractivity contribution >= 4 is 17.3 Å². The second-order valence-electron chi connectivity index (χ2n) is 4.38. The lowest BCUT2D eigenvalue weighted by atomic mass is 10.0. The predicted molar refractivity (Wildman–Crippen MR) is 79.3 cm³/mol. The van der Waals surface area contributed by atoms with Crippen LogP contribution in [0.2, 0.25) is 0 Å². The molecule has 5 heteroatoms. The Bertz CT molecular complexity index is 646. The summed E-state index contributed by atoms with van der Waals surface area (Å²) >= 11 is 0. The Labute approximate surface area is 122 Å². The molecule has 2 aromatic rings. The number of nitro benzene ring substituents is 1. The van der Waals surface area contributed by atoms with Crippen molar-refractivity contribution in [3.8, 4) is 0 Å². The Morgan fingerprint density at radius 1 is 0.905 bits per heavy atom. The average Bonchev–Trinajstić information content (AvgIpc) is 2.47. The van der Waals surface area contributed by atoms with Gasteiger partial charge in [0.25, 0.3) is 5.69 Å². The van der Waals surface area contributed by atoms with Crippen LogP contribution < -0.4 is 0 Å². The maximum absolute atomic E-state index is 12.1. The van der Waals surface area contributed by atoms with Gasteiger partial charge in [0.05, 0.1) is 4.92 Å². The molecule has 0 radical (unpaired) electrons. The third-order valence-corrected chi connectivity index (χ3v) is 2.38. The van der Waals surface area contributed by atoms with E-state index in [0.29, 0.717) is 5.56 Å². The lowest BCUT2D eigenvalue weighted by molar-refractivity contribution is -0.385. The number of carbonyl (C=O) groups excluding carboxylic acids is 2. The van der Waals surface area contributed by atoms with E-state index < -0.39 is 4.92 Å². The minimum absolute atomic E-state index is 0.115. The zero-order chi connectivity index (χ0) is 15.8. The van der Waals surface area contributed by atoms with E-state index >= 15 is 0 Å². The molecule has 0 bridgehead atoms. The Balaban J connectivity index is 0.000000491. The number of benzene rings is 2. The summed E-state index contributed by atoms with van der Waals surface area (Å²) in [6.45, 7) is 3.06. The highest BCUT2D eigenvalue weighted by molar-refractivity contribution is 6.11. The first-order valence-corrected chi connectivity index (χ1v) is 6.24. The standard InChI is InChI=1S/C13H9NO3.C3H6O/c15-13(10-6-2-1-3-7-10)11-8-4-5-9-12(11)14(16)17;1-3(2)4/h1-9H;1-2H3. The molecule has 0 fully saturated rings. The van der Waals surface area contributed by atoms with Crippen LogP contribution in [0.5, 0.6) is 0 Å². The van der Waals surface area contributed by atoms with Crippen LogP contribution in [0.4, 0.5) is 5.69 Å². The van der Waals surface area contributed by atoms with Crippen LogP contribution in [0.3, 0.4) is 0 Å². The third-order valence-electron chi connectivity index (χ3n) is 2.38. The van der Waals surface area contributed by atoms with Crippen LogP contribution in [-0.4, -0.2) is 16.5 Å². The molecule has 2 rings (SSSR count). The normalized spacial score (nSPS) is 9.24. The highest BCUT2D eigenvalue weighted by Gasteiger charge is 2.19. The average molecular weight is 285 g/mol. The molecule has 0 saturated heterocycles. The number of rotatable bonds is 3. The molecule has 0 heterocycles. The maximum Gasteiger partial charge on any atom is 0.280 e. The first kappa shape index (κ1) is 16.2. The molecule has 108 valence electrons. The second kappa shape index (κ2) is 7.69. The van der Waals surface area contributed by atoms with E-state index in [4.69, 9.17) is 0 Å². The van der Waals surface area contributed by atoms with Gasteiger partial charge in [-0.05, 0) is 19.9 Å². The smallest absolute Gasteiger partial charge is 0.280 e. The van der Waals surface area contributed by atoms with Crippen molar-refractivity contribution in [2.75, 3.05) is 0 Å². The summed E-state index contributed by atoms with van der Waals surface area (Å²) in [4.78, 5) is 31.8. The number of carbonyl (C=O) groups is 2. The molecule has 0 aromatic heterocycles. The molecule has 0 aliphatic carbocycles. The fourth-order valence-corrected chi connectivity index (χ4v) is 1.57. The Kier molecular flexibility index (Phi) is 5.95. The third kappa shape index (κ3) is 4.99. The van der Waals surface area contributed by atoms with Gasteiger partial charge in [-0.2, -0.15) is 0 Å². The number of ketones is 2. The Morgan fingerprint density at radius 2 is 1.38 bits per heavy atom. The number of Topliss-reactive ketones (excluding diaryl/α,β-unsaturated/α-hetero) is 1. The van der Waals surface area contributed by atoms with Gasteiger partial charge in [0.15, 0.2) is 5.78 Å². The summed E-state index contributed by atoms with van der Waals surface area (Å²) in [5.74, 6) is -0.169. The zero-order valence-electron chi connectivity index (χ0n) is 11.8. The lowest BCUT2D eigenvalue weighted by Crippen LogP contribution is -2.04. The highest BCUT2D eigenvalue weighted by Crippen LogP contribution is 2.20. The summed E-state index contributed by atoms with van der Waals surface area (Å²) < 4.78 is 0. The monoisotopic (exact) mass is 285 g/mol. The quantitative estimate of drug-likeness (QED) is 0.492. The summed E-state index contributed by atoms with van der Waals surface area (Å²) in [6, 6.07) is 14.5. The lowest BCUT2D eigenvalue weighted by Gasteiger charge is -2.01. The molecule has 0 aliphatic rings. The van der Waals surface area contributed by atoms with Crippen molar-refractivity contribution in [2.45, 2.75) is 13.8 Å². The van der Waals surface area contributed by atoms with Crippen LogP contribution in [0.15, 0.2) is 54.6 Å². The number of hydrogen-bond acceptors (Lipinski definition) is 4. The summed E-state index contributed by atoms with van der Waals surface area (Å²) in [6.07, 6.45) is 0. The van der Waals surface area contributed by atoms with E-state index in [-0.39, 0.29) is 22.8 Å². The second-order valence-corrected chi connectivity index (χ2v) is 4.38. The van der Waals surface area contributed by atoms with Gasteiger partial charge in [0, 0.05) is 11.6 Å². The molecule has 0 spiro atoms. The molecule has 2 aromatic carbocycles. The van der Waals surface area contributed by atoms with Crippen molar-refractivity contribution in [3.05, 3.63) is 75.8 Å².